The monoisotopic (exact) mass is 291 g/mol. The standard InChI is InChI=1S/C13H17N5O3/c1-3-5-14-12-11(18(19)20)13(16-9-15-12)17(2)7-10-4-6-21-8-10/h4,6,8-9H,3,5,7H2,1-2H3,(H,14,15,16). The number of nitro groups is 1. The maximum atomic E-state index is 11.4. The zero-order valence-corrected chi connectivity index (χ0v) is 11.9. The van der Waals surface area contributed by atoms with Crippen molar-refractivity contribution in [2.24, 2.45) is 0 Å². The van der Waals surface area contributed by atoms with Gasteiger partial charge in [-0.3, -0.25) is 10.1 Å². The molecule has 0 bridgehead atoms. The number of furan rings is 1. The number of hydrogen-bond acceptors (Lipinski definition) is 7. The summed E-state index contributed by atoms with van der Waals surface area (Å²) >= 11 is 0. The SMILES string of the molecule is CCCNc1ncnc(N(C)Cc2ccoc2)c1[N+](=O)[O-]. The van der Waals surface area contributed by atoms with Gasteiger partial charge in [0.1, 0.15) is 6.33 Å². The first-order chi connectivity index (χ1) is 10.1. The van der Waals surface area contributed by atoms with Gasteiger partial charge in [0.2, 0.25) is 11.6 Å². The first-order valence-electron chi connectivity index (χ1n) is 6.59. The summed E-state index contributed by atoms with van der Waals surface area (Å²) in [7, 11) is 1.74. The lowest BCUT2D eigenvalue weighted by molar-refractivity contribution is -0.383. The molecule has 2 aromatic heterocycles. The fourth-order valence-electron chi connectivity index (χ4n) is 1.92. The van der Waals surface area contributed by atoms with E-state index in [4.69, 9.17) is 4.42 Å². The summed E-state index contributed by atoms with van der Waals surface area (Å²) in [5.74, 6) is 0.515. The molecule has 0 saturated heterocycles. The van der Waals surface area contributed by atoms with E-state index in [1.54, 1.807) is 30.5 Å². The maximum absolute atomic E-state index is 11.4. The van der Waals surface area contributed by atoms with Crippen molar-refractivity contribution >= 4 is 17.3 Å². The summed E-state index contributed by atoms with van der Waals surface area (Å²) in [6.45, 7) is 3.05. The molecule has 21 heavy (non-hydrogen) atoms. The molecule has 0 radical (unpaired) electrons. The molecule has 0 amide bonds. The summed E-state index contributed by atoms with van der Waals surface area (Å²) in [6.07, 6.45) is 5.33. The number of rotatable bonds is 7. The van der Waals surface area contributed by atoms with Crippen LogP contribution in [0.2, 0.25) is 0 Å². The molecule has 0 fully saturated rings. The molecule has 0 aliphatic rings. The van der Waals surface area contributed by atoms with Crippen LogP contribution in [0, 0.1) is 10.1 Å². The maximum Gasteiger partial charge on any atom is 0.353 e. The summed E-state index contributed by atoms with van der Waals surface area (Å²) < 4.78 is 5.00. The molecule has 0 saturated carbocycles. The molecule has 0 aliphatic carbocycles. The molecule has 2 aromatic rings. The van der Waals surface area contributed by atoms with Crippen molar-refractivity contribution in [2.75, 3.05) is 23.8 Å². The Bertz CT molecular complexity index is 600. The fraction of sp³-hybridized carbons (Fsp3) is 0.385. The van der Waals surface area contributed by atoms with Gasteiger partial charge in [-0.1, -0.05) is 6.92 Å². The average molecular weight is 291 g/mol. The van der Waals surface area contributed by atoms with E-state index >= 15 is 0 Å². The van der Waals surface area contributed by atoms with Crippen LogP contribution >= 0.6 is 0 Å². The van der Waals surface area contributed by atoms with Gasteiger partial charge in [0.05, 0.1) is 17.4 Å². The topological polar surface area (TPSA) is 97.3 Å². The van der Waals surface area contributed by atoms with E-state index in [0.717, 1.165) is 12.0 Å². The summed E-state index contributed by atoms with van der Waals surface area (Å²) in [5, 5.41) is 14.3. The second-order valence-electron chi connectivity index (χ2n) is 4.57. The molecule has 0 spiro atoms. The molecule has 8 heteroatoms. The Labute approximate surface area is 122 Å². The van der Waals surface area contributed by atoms with Crippen molar-refractivity contribution < 1.29 is 9.34 Å². The van der Waals surface area contributed by atoms with Crippen molar-refractivity contribution in [1.29, 1.82) is 0 Å². The molecule has 0 aliphatic heterocycles. The summed E-state index contributed by atoms with van der Waals surface area (Å²) in [6, 6.07) is 1.81. The lowest BCUT2D eigenvalue weighted by Gasteiger charge is -2.17. The van der Waals surface area contributed by atoms with Crippen LogP contribution in [0.15, 0.2) is 29.3 Å². The summed E-state index contributed by atoms with van der Waals surface area (Å²) in [5.41, 5.74) is 0.797. The smallest absolute Gasteiger partial charge is 0.353 e. The number of aromatic nitrogens is 2. The zero-order valence-electron chi connectivity index (χ0n) is 11.9. The Hall–Kier alpha value is -2.64. The third-order valence-corrected chi connectivity index (χ3v) is 2.89. The van der Waals surface area contributed by atoms with Gasteiger partial charge in [-0.05, 0) is 12.5 Å². The third-order valence-electron chi connectivity index (χ3n) is 2.89. The van der Waals surface area contributed by atoms with Gasteiger partial charge >= 0.3 is 5.69 Å². The molecule has 112 valence electrons. The van der Waals surface area contributed by atoms with E-state index in [-0.39, 0.29) is 17.3 Å². The van der Waals surface area contributed by atoms with Gasteiger partial charge in [0, 0.05) is 25.7 Å². The Morgan fingerprint density at radius 1 is 1.48 bits per heavy atom. The van der Waals surface area contributed by atoms with Crippen LogP contribution in [0.1, 0.15) is 18.9 Å². The Kier molecular flexibility index (Phi) is 4.70. The molecule has 0 aromatic carbocycles. The largest absolute Gasteiger partial charge is 0.472 e. The number of anilines is 2. The Balaban J connectivity index is 2.30. The van der Waals surface area contributed by atoms with Crippen LogP contribution in [0.5, 0.6) is 0 Å². The second-order valence-corrected chi connectivity index (χ2v) is 4.57. The van der Waals surface area contributed by atoms with E-state index in [1.165, 1.54) is 6.33 Å². The van der Waals surface area contributed by atoms with Crippen molar-refractivity contribution in [3.05, 3.63) is 40.6 Å². The lowest BCUT2D eigenvalue weighted by Crippen LogP contribution is -2.20. The van der Waals surface area contributed by atoms with Gasteiger partial charge in [-0.25, -0.2) is 9.97 Å². The average Bonchev–Trinajstić information content (AvgIpc) is 2.97. The minimum Gasteiger partial charge on any atom is -0.472 e. The van der Waals surface area contributed by atoms with Crippen LogP contribution in [0.4, 0.5) is 17.3 Å². The van der Waals surface area contributed by atoms with Gasteiger partial charge < -0.3 is 14.6 Å². The fourth-order valence-corrected chi connectivity index (χ4v) is 1.92. The van der Waals surface area contributed by atoms with Gasteiger partial charge in [-0.2, -0.15) is 0 Å². The third kappa shape index (κ3) is 3.47. The lowest BCUT2D eigenvalue weighted by atomic mass is 10.3. The minimum atomic E-state index is -0.459. The van der Waals surface area contributed by atoms with Crippen molar-refractivity contribution in [3.8, 4) is 0 Å². The van der Waals surface area contributed by atoms with Crippen LogP contribution in [-0.4, -0.2) is 28.5 Å². The number of nitrogens with zero attached hydrogens (tertiary/aromatic N) is 4. The van der Waals surface area contributed by atoms with Gasteiger partial charge in [0.15, 0.2) is 0 Å². The van der Waals surface area contributed by atoms with E-state index in [9.17, 15) is 10.1 Å². The van der Waals surface area contributed by atoms with Crippen molar-refractivity contribution in [2.45, 2.75) is 19.9 Å². The molecule has 0 unspecified atom stereocenters. The molecule has 2 rings (SSSR count). The molecular weight excluding hydrogens is 274 g/mol. The van der Waals surface area contributed by atoms with Crippen LogP contribution in [-0.2, 0) is 6.54 Å². The van der Waals surface area contributed by atoms with Crippen molar-refractivity contribution in [3.63, 3.8) is 0 Å². The molecule has 1 N–H and O–H groups in total. The number of hydrogen-bond donors (Lipinski definition) is 1. The van der Waals surface area contributed by atoms with Crippen molar-refractivity contribution in [1.82, 2.24) is 9.97 Å². The first-order valence-corrected chi connectivity index (χ1v) is 6.59. The number of nitrogens with one attached hydrogen (secondary N) is 1. The Morgan fingerprint density at radius 2 is 2.29 bits per heavy atom. The first kappa shape index (κ1) is 14.8. The molecule has 8 nitrogen and oxygen atoms in total. The highest BCUT2D eigenvalue weighted by atomic mass is 16.6. The predicted molar refractivity (Wildman–Crippen MR) is 78.3 cm³/mol. The van der Waals surface area contributed by atoms with E-state index in [1.807, 2.05) is 6.92 Å². The predicted octanol–water partition coefficient (Wildman–Crippen LogP) is 2.44. The van der Waals surface area contributed by atoms with E-state index < -0.39 is 4.92 Å². The second kappa shape index (κ2) is 6.69. The van der Waals surface area contributed by atoms with E-state index in [0.29, 0.717) is 13.1 Å². The molecule has 0 atom stereocenters. The molecule has 2 heterocycles. The van der Waals surface area contributed by atoms with Crippen LogP contribution in [0.3, 0.4) is 0 Å². The van der Waals surface area contributed by atoms with Crippen LogP contribution < -0.4 is 10.2 Å². The highest BCUT2D eigenvalue weighted by Crippen LogP contribution is 2.31. The highest BCUT2D eigenvalue weighted by molar-refractivity contribution is 5.70. The quantitative estimate of drug-likeness (QED) is 0.618. The van der Waals surface area contributed by atoms with Gasteiger partial charge in [-0.15, -0.1) is 0 Å². The zero-order chi connectivity index (χ0) is 15.2. The molecular formula is C13H17N5O3. The highest BCUT2D eigenvalue weighted by Gasteiger charge is 2.25. The van der Waals surface area contributed by atoms with Gasteiger partial charge in [0.25, 0.3) is 0 Å². The van der Waals surface area contributed by atoms with E-state index in [2.05, 4.69) is 15.3 Å². The normalized spacial score (nSPS) is 10.4. The van der Waals surface area contributed by atoms with Crippen LogP contribution in [0.25, 0.3) is 0 Å². The Morgan fingerprint density at radius 3 is 2.90 bits per heavy atom. The minimum absolute atomic E-state index is 0.114. The summed E-state index contributed by atoms with van der Waals surface area (Å²) in [4.78, 5) is 20.6.